The lowest BCUT2D eigenvalue weighted by molar-refractivity contribution is 0.133. The van der Waals surface area contributed by atoms with Crippen LogP contribution < -0.4 is 10.1 Å². The van der Waals surface area contributed by atoms with E-state index in [9.17, 15) is 0 Å². The Labute approximate surface area is 118 Å². The van der Waals surface area contributed by atoms with Crippen molar-refractivity contribution in [2.75, 3.05) is 26.9 Å². The molecule has 0 aliphatic heterocycles. The van der Waals surface area contributed by atoms with E-state index in [4.69, 9.17) is 9.47 Å². The maximum absolute atomic E-state index is 5.49. The van der Waals surface area contributed by atoms with Gasteiger partial charge in [-0.1, -0.05) is 29.3 Å². The fraction of sp³-hybridized carbons (Fsp3) is 0.571. The summed E-state index contributed by atoms with van der Waals surface area (Å²) >= 11 is 3.54. The first-order valence-corrected chi connectivity index (χ1v) is 7.18. The highest BCUT2D eigenvalue weighted by atomic mass is 79.9. The van der Waals surface area contributed by atoms with Gasteiger partial charge in [0.2, 0.25) is 0 Å². The Bertz CT molecular complexity index is 345. The Morgan fingerprint density at radius 3 is 2.83 bits per heavy atom. The Hall–Kier alpha value is -0.580. The van der Waals surface area contributed by atoms with Crippen LogP contribution in [0.1, 0.15) is 25.3 Å². The molecule has 0 fully saturated rings. The van der Waals surface area contributed by atoms with Crippen molar-refractivity contribution < 1.29 is 9.47 Å². The van der Waals surface area contributed by atoms with Gasteiger partial charge in [-0.2, -0.15) is 0 Å². The molecule has 0 heterocycles. The summed E-state index contributed by atoms with van der Waals surface area (Å²) in [6.45, 7) is 5.48. The minimum Gasteiger partial charge on any atom is -0.497 e. The molecule has 0 aromatic heterocycles. The molecule has 0 saturated heterocycles. The Morgan fingerprint density at radius 1 is 1.28 bits per heavy atom. The van der Waals surface area contributed by atoms with Crippen LogP contribution in [-0.2, 0) is 11.3 Å². The van der Waals surface area contributed by atoms with Crippen LogP contribution in [0.2, 0.25) is 0 Å². The van der Waals surface area contributed by atoms with Gasteiger partial charge in [0.15, 0.2) is 0 Å². The molecule has 0 amide bonds. The van der Waals surface area contributed by atoms with Gasteiger partial charge in [-0.05, 0) is 30.2 Å². The SMILES string of the molecule is CCCCOCCNCc1cc(OC)ccc1Br. The fourth-order valence-electron chi connectivity index (χ4n) is 1.53. The van der Waals surface area contributed by atoms with E-state index in [-0.39, 0.29) is 0 Å². The van der Waals surface area contributed by atoms with Crippen molar-refractivity contribution in [2.45, 2.75) is 26.3 Å². The number of methoxy groups -OCH3 is 1. The van der Waals surface area contributed by atoms with Crippen LogP contribution in [0.15, 0.2) is 22.7 Å². The monoisotopic (exact) mass is 315 g/mol. The van der Waals surface area contributed by atoms with Crippen molar-refractivity contribution in [1.82, 2.24) is 5.32 Å². The molecular weight excluding hydrogens is 294 g/mol. The summed E-state index contributed by atoms with van der Waals surface area (Å²) in [4.78, 5) is 0. The maximum atomic E-state index is 5.49. The highest BCUT2D eigenvalue weighted by Crippen LogP contribution is 2.22. The predicted molar refractivity (Wildman–Crippen MR) is 78.1 cm³/mol. The van der Waals surface area contributed by atoms with Gasteiger partial charge in [0.05, 0.1) is 13.7 Å². The van der Waals surface area contributed by atoms with Gasteiger partial charge in [0.25, 0.3) is 0 Å². The number of nitrogens with one attached hydrogen (secondary N) is 1. The molecule has 0 saturated carbocycles. The zero-order valence-corrected chi connectivity index (χ0v) is 12.8. The highest BCUT2D eigenvalue weighted by Gasteiger charge is 2.01. The molecule has 1 N–H and O–H groups in total. The molecule has 0 aliphatic rings. The average molecular weight is 316 g/mol. The standard InChI is InChI=1S/C14H22BrNO2/c1-3-4-8-18-9-7-16-11-12-10-13(17-2)5-6-14(12)15/h5-6,10,16H,3-4,7-9,11H2,1-2H3. The molecule has 18 heavy (non-hydrogen) atoms. The van der Waals surface area contributed by atoms with E-state index in [1.807, 2.05) is 18.2 Å². The molecule has 0 spiro atoms. The summed E-state index contributed by atoms with van der Waals surface area (Å²) in [7, 11) is 1.68. The summed E-state index contributed by atoms with van der Waals surface area (Å²) in [6.07, 6.45) is 2.33. The molecular formula is C14H22BrNO2. The van der Waals surface area contributed by atoms with E-state index in [0.717, 1.165) is 42.9 Å². The zero-order valence-electron chi connectivity index (χ0n) is 11.2. The largest absolute Gasteiger partial charge is 0.497 e. The molecule has 3 nitrogen and oxygen atoms in total. The molecule has 102 valence electrons. The minimum absolute atomic E-state index is 0.765. The Balaban J connectivity index is 2.22. The summed E-state index contributed by atoms with van der Waals surface area (Å²) < 4.78 is 11.8. The number of halogens is 1. The van der Waals surface area contributed by atoms with Crippen LogP contribution in [0.5, 0.6) is 5.75 Å². The number of benzene rings is 1. The Kier molecular flexibility index (Phi) is 8.05. The number of hydrogen-bond acceptors (Lipinski definition) is 3. The van der Waals surface area contributed by atoms with Gasteiger partial charge in [-0.3, -0.25) is 0 Å². The van der Waals surface area contributed by atoms with E-state index in [1.54, 1.807) is 7.11 Å². The number of unbranched alkanes of at least 4 members (excludes halogenated alkanes) is 1. The molecule has 4 heteroatoms. The summed E-state index contributed by atoms with van der Waals surface area (Å²) in [5.41, 5.74) is 1.20. The van der Waals surface area contributed by atoms with E-state index < -0.39 is 0 Å². The molecule has 1 rings (SSSR count). The molecule has 0 radical (unpaired) electrons. The topological polar surface area (TPSA) is 30.5 Å². The second-order valence-electron chi connectivity index (χ2n) is 4.10. The van der Waals surface area contributed by atoms with Crippen molar-refractivity contribution in [3.8, 4) is 5.75 Å². The third kappa shape index (κ3) is 5.85. The van der Waals surface area contributed by atoms with Crippen molar-refractivity contribution in [1.29, 1.82) is 0 Å². The zero-order chi connectivity index (χ0) is 13.2. The van der Waals surface area contributed by atoms with Gasteiger partial charge in [0.1, 0.15) is 5.75 Å². The van der Waals surface area contributed by atoms with Crippen molar-refractivity contribution in [3.05, 3.63) is 28.2 Å². The van der Waals surface area contributed by atoms with Crippen LogP contribution in [0.4, 0.5) is 0 Å². The summed E-state index contributed by atoms with van der Waals surface area (Å²) in [5.74, 6) is 0.884. The molecule has 0 aliphatic carbocycles. The molecule has 0 atom stereocenters. The molecule has 1 aromatic rings. The second kappa shape index (κ2) is 9.36. The highest BCUT2D eigenvalue weighted by molar-refractivity contribution is 9.10. The quantitative estimate of drug-likeness (QED) is 0.709. The lowest BCUT2D eigenvalue weighted by atomic mass is 10.2. The van der Waals surface area contributed by atoms with Gasteiger partial charge in [0, 0.05) is 24.2 Å². The second-order valence-corrected chi connectivity index (χ2v) is 4.95. The van der Waals surface area contributed by atoms with Crippen molar-refractivity contribution in [2.24, 2.45) is 0 Å². The average Bonchev–Trinajstić information content (AvgIpc) is 2.39. The third-order valence-electron chi connectivity index (χ3n) is 2.63. The maximum Gasteiger partial charge on any atom is 0.119 e. The third-order valence-corrected chi connectivity index (χ3v) is 3.41. The number of rotatable bonds is 9. The van der Waals surface area contributed by atoms with E-state index >= 15 is 0 Å². The van der Waals surface area contributed by atoms with Crippen LogP contribution >= 0.6 is 15.9 Å². The normalized spacial score (nSPS) is 10.6. The summed E-state index contributed by atoms with van der Waals surface area (Å²) in [6, 6.07) is 5.99. The van der Waals surface area contributed by atoms with Crippen LogP contribution in [0.3, 0.4) is 0 Å². The molecule has 0 unspecified atom stereocenters. The van der Waals surface area contributed by atoms with Crippen molar-refractivity contribution in [3.63, 3.8) is 0 Å². The van der Waals surface area contributed by atoms with E-state index in [1.165, 1.54) is 12.0 Å². The van der Waals surface area contributed by atoms with E-state index in [2.05, 4.69) is 28.2 Å². The van der Waals surface area contributed by atoms with Crippen LogP contribution in [-0.4, -0.2) is 26.9 Å². The van der Waals surface area contributed by atoms with Gasteiger partial charge >= 0.3 is 0 Å². The first-order chi connectivity index (χ1) is 8.77. The van der Waals surface area contributed by atoms with Crippen LogP contribution in [0, 0.1) is 0 Å². The first kappa shape index (κ1) is 15.5. The lowest BCUT2D eigenvalue weighted by Gasteiger charge is -2.09. The van der Waals surface area contributed by atoms with Gasteiger partial charge < -0.3 is 14.8 Å². The fourth-order valence-corrected chi connectivity index (χ4v) is 1.92. The molecule has 1 aromatic carbocycles. The molecule has 0 bridgehead atoms. The van der Waals surface area contributed by atoms with Gasteiger partial charge in [-0.15, -0.1) is 0 Å². The van der Waals surface area contributed by atoms with Crippen LogP contribution in [0.25, 0.3) is 0 Å². The number of ether oxygens (including phenoxy) is 2. The van der Waals surface area contributed by atoms with E-state index in [0.29, 0.717) is 0 Å². The van der Waals surface area contributed by atoms with Crippen molar-refractivity contribution >= 4 is 15.9 Å². The predicted octanol–water partition coefficient (Wildman–Crippen LogP) is 3.36. The summed E-state index contributed by atoms with van der Waals surface area (Å²) in [5, 5.41) is 3.36. The number of hydrogen-bond donors (Lipinski definition) is 1. The lowest BCUT2D eigenvalue weighted by Crippen LogP contribution is -2.19. The smallest absolute Gasteiger partial charge is 0.119 e. The van der Waals surface area contributed by atoms with Gasteiger partial charge in [-0.25, -0.2) is 0 Å². The Morgan fingerprint density at radius 2 is 2.11 bits per heavy atom. The minimum atomic E-state index is 0.765. The first-order valence-electron chi connectivity index (χ1n) is 6.38.